The van der Waals surface area contributed by atoms with Crippen molar-refractivity contribution < 1.29 is 18.7 Å². The van der Waals surface area contributed by atoms with Gasteiger partial charge in [0.15, 0.2) is 0 Å². The molecule has 2 aromatic rings. The molecule has 1 unspecified atom stereocenters. The topological polar surface area (TPSA) is 38.8 Å². The second-order valence-corrected chi connectivity index (χ2v) is 8.26. The van der Waals surface area contributed by atoms with Gasteiger partial charge in [-0.25, -0.2) is 4.39 Å². The number of hydrogen-bond donors (Lipinski definition) is 0. The van der Waals surface area contributed by atoms with Gasteiger partial charge in [0.1, 0.15) is 17.7 Å². The Balaban J connectivity index is 2.09. The second-order valence-electron chi connectivity index (χ2n) is 8.26. The molecule has 0 N–H and O–H groups in total. The molecule has 2 rings (SSSR count). The second kappa shape index (κ2) is 10.4. The van der Waals surface area contributed by atoms with Crippen molar-refractivity contribution in [1.29, 1.82) is 0 Å². The van der Waals surface area contributed by atoms with Gasteiger partial charge in [0.25, 0.3) is 0 Å². The summed E-state index contributed by atoms with van der Waals surface area (Å²) >= 11 is 0. The standard InChI is InChI=1S/C24H32FNO3/c1-6-28-23(27)17-26(5)16-15-22(18-7-11-20(25)12-8-18)29-21-13-9-19(10-14-21)24(2,3)4/h7-14,22H,6,15-17H2,1-5H3. The molecule has 0 aliphatic rings. The third kappa shape index (κ3) is 7.50. The Morgan fingerprint density at radius 2 is 1.69 bits per heavy atom. The van der Waals surface area contributed by atoms with Crippen LogP contribution in [-0.2, 0) is 14.9 Å². The summed E-state index contributed by atoms with van der Waals surface area (Å²) in [6, 6.07) is 14.5. The van der Waals surface area contributed by atoms with Crippen LogP contribution in [0.25, 0.3) is 0 Å². The summed E-state index contributed by atoms with van der Waals surface area (Å²) in [5.41, 5.74) is 2.21. The van der Waals surface area contributed by atoms with E-state index in [-0.39, 0.29) is 29.9 Å². The van der Waals surface area contributed by atoms with Crippen LogP contribution < -0.4 is 4.74 Å². The summed E-state index contributed by atoms with van der Waals surface area (Å²) in [7, 11) is 1.87. The van der Waals surface area contributed by atoms with E-state index in [1.54, 1.807) is 19.1 Å². The number of ether oxygens (including phenoxy) is 2. The predicted molar refractivity (Wildman–Crippen MR) is 114 cm³/mol. The fraction of sp³-hybridized carbons (Fsp3) is 0.458. The number of rotatable bonds is 9. The largest absolute Gasteiger partial charge is 0.486 e. The number of esters is 1. The molecule has 0 radical (unpaired) electrons. The fourth-order valence-electron chi connectivity index (χ4n) is 3.01. The summed E-state index contributed by atoms with van der Waals surface area (Å²) < 4.78 is 24.6. The maximum atomic E-state index is 13.4. The lowest BCUT2D eigenvalue weighted by Gasteiger charge is -2.24. The highest BCUT2D eigenvalue weighted by Crippen LogP contribution is 2.28. The quantitative estimate of drug-likeness (QED) is 0.546. The van der Waals surface area contributed by atoms with Crippen LogP contribution in [0.3, 0.4) is 0 Å². The van der Waals surface area contributed by atoms with Crippen LogP contribution in [0, 0.1) is 5.82 Å². The molecule has 0 bridgehead atoms. The number of carbonyl (C=O) groups excluding carboxylic acids is 1. The van der Waals surface area contributed by atoms with E-state index in [2.05, 4.69) is 32.9 Å². The van der Waals surface area contributed by atoms with Crippen molar-refractivity contribution in [1.82, 2.24) is 4.90 Å². The Kier molecular flexibility index (Phi) is 8.21. The maximum Gasteiger partial charge on any atom is 0.320 e. The SMILES string of the molecule is CCOC(=O)CN(C)CCC(Oc1ccc(C(C)(C)C)cc1)c1ccc(F)cc1. The fourth-order valence-corrected chi connectivity index (χ4v) is 3.01. The third-order valence-electron chi connectivity index (χ3n) is 4.72. The minimum atomic E-state index is -0.276. The highest BCUT2D eigenvalue weighted by Gasteiger charge is 2.18. The number of benzene rings is 2. The van der Waals surface area contributed by atoms with Crippen LogP contribution in [-0.4, -0.2) is 37.6 Å². The molecule has 0 aliphatic heterocycles. The Hall–Kier alpha value is -2.40. The van der Waals surface area contributed by atoms with Gasteiger partial charge in [-0.2, -0.15) is 0 Å². The molecule has 0 amide bonds. The summed E-state index contributed by atoms with van der Waals surface area (Å²) in [4.78, 5) is 13.6. The lowest BCUT2D eigenvalue weighted by Crippen LogP contribution is -2.29. The highest BCUT2D eigenvalue weighted by atomic mass is 19.1. The monoisotopic (exact) mass is 401 g/mol. The molecule has 0 aliphatic carbocycles. The summed E-state index contributed by atoms with van der Waals surface area (Å²) in [6.07, 6.45) is 0.406. The minimum absolute atomic E-state index is 0.0741. The first kappa shape index (κ1) is 22.9. The molecule has 0 fully saturated rings. The molecule has 0 saturated carbocycles. The molecule has 0 saturated heterocycles. The summed E-state index contributed by atoms with van der Waals surface area (Å²) in [6.45, 7) is 9.54. The van der Waals surface area contributed by atoms with Crippen molar-refractivity contribution in [2.75, 3.05) is 26.7 Å². The van der Waals surface area contributed by atoms with Crippen molar-refractivity contribution in [3.63, 3.8) is 0 Å². The Labute approximate surface area is 173 Å². The van der Waals surface area contributed by atoms with Crippen LogP contribution in [0.2, 0.25) is 0 Å². The minimum Gasteiger partial charge on any atom is -0.486 e. The van der Waals surface area contributed by atoms with Crippen LogP contribution in [0.5, 0.6) is 5.75 Å². The predicted octanol–water partition coefficient (Wildman–Crippen LogP) is 5.13. The molecule has 2 aromatic carbocycles. The summed E-state index contributed by atoms with van der Waals surface area (Å²) in [5, 5.41) is 0. The zero-order valence-electron chi connectivity index (χ0n) is 18.1. The van der Waals surface area contributed by atoms with Gasteiger partial charge < -0.3 is 9.47 Å². The highest BCUT2D eigenvalue weighted by molar-refractivity contribution is 5.71. The van der Waals surface area contributed by atoms with Gasteiger partial charge in [0, 0.05) is 13.0 Å². The van der Waals surface area contributed by atoms with Gasteiger partial charge in [0.2, 0.25) is 0 Å². The molecular weight excluding hydrogens is 369 g/mol. The van der Waals surface area contributed by atoms with Crippen LogP contribution in [0.1, 0.15) is 51.3 Å². The van der Waals surface area contributed by atoms with Gasteiger partial charge in [-0.05, 0) is 54.8 Å². The average Bonchev–Trinajstić information content (AvgIpc) is 2.65. The molecule has 29 heavy (non-hydrogen) atoms. The van der Waals surface area contributed by atoms with Crippen molar-refractivity contribution in [2.45, 2.75) is 45.6 Å². The van der Waals surface area contributed by atoms with Crippen LogP contribution in [0.15, 0.2) is 48.5 Å². The molecule has 4 nitrogen and oxygen atoms in total. The van der Waals surface area contributed by atoms with Crippen molar-refractivity contribution in [3.8, 4) is 5.75 Å². The van der Waals surface area contributed by atoms with Crippen molar-refractivity contribution in [3.05, 3.63) is 65.5 Å². The first-order chi connectivity index (χ1) is 13.7. The van der Waals surface area contributed by atoms with E-state index in [4.69, 9.17) is 9.47 Å². The number of halogens is 1. The van der Waals surface area contributed by atoms with Crippen LogP contribution in [0.4, 0.5) is 4.39 Å². The molecular formula is C24H32FNO3. The first-order valence-corrected chi connectivity index (χ1v) is 10.1. The first-order valence-electron chi connectivity index (χ1n) is 10.1. The molecule has 158 valence electrons. The lowest BCUT2D eigenvalue weighted by molar-refractivity contribution is -0.144. The zero-order chi connectivity index (χ0) is 21.4. The number of carbonyl (C=O) groups is 1. The number of likely N-dealkylation sites (N-methyl/N-ethyl adjacent to an activating group) is 1. The average molecular weight is 402 g/mol. The smallest absolute Gasteiger partial charge is 0.320 e. The van der Waals surface area contributed by atoms with E-state index in [1.165, 1.54) is 17.7 Å². The van der Waals surface area contributed by atoms with E-state index in [0.29, 0.717) is 19.6 Å². The zero-order valence-corrected chi connectivity index (χ0v) is 18.1. The van der Waals surface area contributed by atoms with Crippen molar-refractivity contribution in [2.24, 2.45) is 0 Å². The van der Waals surface area contributed by atoms with Crippen LogP contribution >= 0.6 is 0 Å². The maximum absolute atomic E-state index is 13.4. The van der Waals surface area contributed by atoms with E-state index in [0.717, 1.165) is 11.3 Å². The van der Waals surface area contributed by atoms with E-state index in [1.807, 2.05) is 24.1 Å². The van der Waals surface area contributed by atoms with Gasteiger partial charge in [-0.1, -0.05) is 45.0 Å². The van der Waals surface area contributed by atoms with Crippen molar-refractivity contribution >= 4 is 5.97 Å². The normalized spacial score (nSPS) is 12.7. The lowest BCUT2D eigenvalue weighted by atomic mass is 9.87. The van der Waals surface area contributed by atoms with E-state index in [9.17, 15) is 9.18 Å². The Bertz CT molecular complexity index is 766. The molecule has 0 spiro atoms. The number of hydrogen-bond acceptors (Lipinski definition) is 4. The van der Waals surface area contributed by atoms with E-state index >= 15 is 0 Å². The number of nitrogens with zero attached hydrogens (tertiary/aromatic N) is 1. The molecule has 0 aromatic heterocycles. The molecule has 0 heterocycles. The van der Waals surface area contributed by atoms with Gasteiger partial charge in [-0.15, -0.1) is 0 Å². The van der Waals surface area contributed by atoms with E-state index < -0.39 is 0 Å². The summed E-state index contributed by atoms with van der Waals surface area (Å²) in [5.74, 6) is 0.244. The van der Waals surface area contributed by atoms with Gasteiger partial charge in [0.05, 0.1) is 13.2 Å². The third-order valence-corrected chi connectivity index (χ3v) is 4.72. The molecule has 5 heteroatoms. The van der Waals surface area contributed by atoms with Gasteiger partial charge >= 0.3 is 5.97 Å². The Morgan fingerprint density at radius 1 is 1.07 bits per heavy atom. The molecule has 1 atom stereocenters. The van der Waals surface area contributed by atoms with Gasteiger partial charge in [-0.3, -0.25) is 9.69 Å². The Morgan fingerprint density at radius 3 is 2.24 bits per heavy atom.